The van der Waals surface area contributed by atoms with Crippen LogP contribution in [0.2, 0.25) is 0 Å². The Kier molecular flexibility index (Phi) is 6.46. The van der Waals surface area contributed by atoms with E-state index in [0.29, 0.717) is 6.54 Å². The SMILES string of the molecule is O=C(NCCN1CCCCC1)c1ccc2c(c1)C1(CCN(c3nc4c(c(=O)[nH]3)CCCC4)CC1)CN2. The Morgan fingerprint density at radius 3 is 2.67 bits per heavy atom. The van der Waals surface area contributed by atoms with Crippen LogP contribution in [0.25, 0.3) is 0 Å². The summed E-state index contributed by atoms with van der Waals surface area (Å²) < 4.78 is 0. The number of hydrogen-bond donors (Lipinski definition) is 3. The Hall–Kier alpha value is -2.87. The molecule has 8 nitrogen and oxygen atoms in total. The molecule has 2 fully saturated rings. The molecule has 192 valence electrons. The van der Waals surface area contributed by atoms with Crippen molar-refractivity contribution >= 4 is 17.5 Å². The molecule has 8 heteroatoms. The van der Waals surface area contributed by atoms with Crippen molar-refractivity contribution in [2.75, 3.05) is 56.0 Å². The molecule has 3 aliphatic heterocycles. The van der Waals surface area contributed by atoms with Gasteiger partial charge in [0.15, 0.2) is 0 Å². The van der Waals surface area contributed by atoms with Crippen LogP contribution in [0.5, 0.6) is 0 Å². The molecule has 0 unspecified atom stereocenters. The van der Waals surface area contributed by atoms with Crippen LogP contribution < -0.4 is 21.1 Å². The number of benzene rings is 1. The lowest BCUT2D eigenvalue weighted by atomic mass is 9.74. The number of nitrogens with one attached hydrogen (secondary N) is 3. The van der Waals surface area contributed by atoms with Crippen molar-refractivity contribution in [2.45, 2.75) is 63.2 Å². The molecular formula is C28H38N6O2. The minimum Gasteiger partial charge on any atom is -0.384 e. The molecule has 0 atom stereocenters. The number of piperidine rings is 2. The van der Waals surface area contributed by atoms with E-state index in [9.17, 15) is 9.59 Å². The molecule has 4 heterocycles. The summed E-state index contributed by atoms with van der Waals surface area (Å²) in [6.45, 7) is 6.50. The van der Waals surface area contributed by atoms with E-state index in [-0.39, 0.29) is 16.9 Å². The van der Waals surface area contributed by atoms with Gasteiger partial charge in [0.2, 0.25) is 5.95 Å². The molecular weight excluding hydrogens is 452 g/mol. The lowest BCUT2D eigenvalue weighted by Gasteiger charge is -2.39. The van der Waals surface area contributed by atoms with Crippen molar-refractivity contribution in [3.05, 3.63) is 50.9 Å². The van der Waals surface area contributed by atoms with Crippen LogP contribution in [0.3, 0.4) is 0 Å². The zero-order chi connectivity index (χ0) is 24.5. The summed E-state index contributed by atoms with van der Waals surface area (Å²) in [5.74, 6) is 0.744. The number of nitrogens with zero attached hydrogens (tertiary/aromatic N) is 3. The molecule has 1 spiro atoms. The number of carbonyl (C=O) groups excluding carboxylic acids is 1. The second-order valence-corrected chi connectivity index (χ2v) is 11.1. The third-order valence-corrected chi connectivity index (χ3v) is 8.83. The third kappa shape index (κ3) is 4.51. The first kappa shape index (κ1) is 23.5. The smallest absolute Gasteiger partial charge is 0.255 e. The molecule has 6 rings (SSSR count). The number of rotatable bonds is 5. The molecule has 1 aromatic heterocycles. The lowest BCUT2D eigenvalue weighted by Crippen LogP contribution is -2.45. The second-order valence-electron chi connectivity index (χ2n) is 11.1. The van der Waals surface area contributed by atoms with E-state index in [1.54, 1.807) is 0 Å². The summed E-state index contributed by atoms with van der Waals surface area (Å²) in [5, 5.41) is 6.72. The van der Waals surface area contributed by atoms with Gasteiger partial charge in [-0.1, -0.05) is 6.42 Å². The monoisotopic (exact) mass is 490 g/mol. The number of aromatic amines is 1. The van der Waals surface area contributed by atoms with E-state index in [0.717, 1.165) is 106 Å². The third-order valence-electron chi connectivity index (χ3n) is 8.83. The van der Waals surface area contributed by atoms with Crippen LogP contribution in [-0.4, -0.2) is 66.6 Å². The fraction of sp³-hybridized carbons (Fsp3) is 0.607. The van der Waals surface area contributed by atoms with Gasteiger partial charge >= 0.3 is 0 Å². The highest BCUT2D eigenvalue weighted by Gasteiger charge is 2.42. The number of anilines is 2. The number of fused-ring (bicyclic) bond motifs is 3. The molecule has 2 aromatic rings. The fourth-order valence-corrected chi connectivity index (χ4v) is 6.58. The van der Waals surface area contributed by atoms with E-state index in [1.807, 2.05) is 6.07 Å². The Bertz CT molecular complexity index is 1180. The van der Waals surface area contributed by atoms with Crippen LogP contribution in [0, 0.1) is 0 Å². The van der Waals surface area contributed by atoms with Gasteiger partial charge in [-0.3, -0.25) is 14.6 Å². The highest BCUT2D eigenvalue weighted by atomic mass is 16.1. The summed E-state index contributed by atoms with van der Waals surface area (Å²) in [6, 6.07) is 6.12. The minimum absolute atomic E-state index is 0.0183. The molecule has 4 aliphatic rings. The summed E-state index contributed by atoms with van der Waals surface area (Å²) >= 11 is 0. The predicted octanol–water partition coefficient (Wildman–Crippen LogP) is 2.83. The molecule has 1 amide bonds. The first-order valence-corrected chi connectivity index (χ1v) is 13.9. The molecule has 2 saturated heterocycles. The van der Waals surface area contributed by atoms with Crippen LogP contribution in [0.4, 0.5) is 11.6 Å². The minimum atomic E-state index is 0.0183. The average Bonchev–Trinajstić information content (AvgIpc) is 3.26. The van der Waals surface area contributed by atoms with Crippen LogP contribution in [0.1, 0.15) is 72.1 Å². The average molecular weight is 491 g/mol. The van der Waals surface area contributed by atoms with Crippen molar-refractivity contribution in [2.24, 2.45) is 0 Å². The molecule has 3 N–H and O–H groups in total. The number of H-pyrrole nitrogens is 1. The summed E-state index contributed by atoms with van der Waals surface area (Å²) in [6.07, 6.45) is 9.74. The van der Waals surface area contributed by atoms with Crippen molar-refractivity contribution in [3.63, 3.8) is 0 Å². The number of aryl methyl sites for hydroxylation is 1. The van der Waals surface area contributed by atoms with E-state index in [4.69, 9.17) is 4.98 Å². The first-order valence-electron chi connectivity index (χ1n) is 13.9. The van der Waals surface area contributed by atoms with Gasteiger partial charge in [-0.2, -0.15) is 0 Å². The molecule has 0 bridgehead atoms. The second kappa shape index (κ2) is 9.88. The standard InChI is InChI=1S/C28H38N6O2/c35-25(29-12-17-33-13-4-1-5-14-33)20-8-9-24-22(18-20)28(19-30-24)10-15-34(16-11-28)27-31-23-7-3-2-6-21(23)26(36)32-27/h8-9,18,30H,1-7,10-17,19H2,(H,29,35)(H,31,32,36). The number of aromatic nitrogens is 2. The molecule has 36 heavy (non-hydrogen) atoms. The highest BCUT2D eigenvalue weighted by molar-refractivity contribution is 5.95. The van der Waals surface area contributed by atoms with E-state index in [1.165, 1.54) is 24.8 Å². The number of amides is 1. The summed E-state index contributed by atoms with van der Waals surface area (Å²) in [7, 11) is 0. The Morgan fingerprint density at radius 2 is 1.83 bits per heavy atom. The van der Waals surface area contributed by atoms with Gasteiger partial charge in [-0.25, -0.2) is 4.98 Å². The van der Waals surface area contributed by atoms with Gasteiger partial charge in [0.05, 0.1) is 5.69 Å². The van der Waals surface area contributed by atoms with Crippen LogP contribution in [0.15, 0.2) is 23.0 Å². The van der Waals surface area contributed by atoms with Gasteiger partial charge in [0.1, 0.15) is 0 Å². The van der Waals surface area contributed by atoms with Crippen LogP contribution >= 0.6 is 0 Å². The predicted molar refractivity (Wildman–Crippen MR) is 142 cm³/mol. The molecule has 1 aliphatic carbocycles. The quantitative estimate of drug-likeness (QED) is 0.597. The maximum absolute atomic E-state index is 12.9. The van der Waals surface area contributed by atoms with Crippen molar-refractivity contribution in [3.8, 4) is 0 Å². The number of hydrogen-bond acceptors (Lipinski definition) is 6. The van der Waals surface area contributed by atoms with Crippen LogP contribution in [-0.2, 0) is 18.3 Å². The fourth-order valence-electron chi connectivity index (χ4n) is 6.58. The summed E-state index contributed by atoms with van der Waals surface area (Å²) in [4.78, 5) is 38.2. The normalized spacial score (nSPS) is 21.1. The van der Waals surface area contributed by atoms with E-state index in [2.05, 4.69) is 37.6 Å². The maximum atomic E-state index is 12.9. The molecule has 0 radical (unpaired) electrons. The van der Waals surface area contributed by atoms with Gasteiger partial charge in [-0.15, -0.1) is 0 Å². The van der Waals surface area contributed by atoms with Crippen molar-refractivity contribution in [1.82, 2.24) is 20.2 Å². The largest absolute Gasteiger partial charge is 0.384 e. The van der Waals surface area contributed by atoms with Crippen molar-refractivity contribution in [1.29, 1.82) is 0 Å². The lowest BCUT2D eigenvalue weighted by molar-refractivity contribution is 0.0946. The first-order chi connectivity index (χ1) is 17.6. The Labute approximate surface area is 212 Å². The van der Waals surface area contributed by atoms with Gasteiger partial charge < -0.3 is 20.4 Å². The molecule has 1 aromatic carbocycles. The number of likely N-dealkylation sites (tertiary alicyclic amines) is 1. The van der Waals surface area contributed by atoms with Gasteiger partial charge in [0.25, 0.3) is 11.5 Å². The molecule has 0 saturated carbocycles. The van der Waals surface area contributed by atoms with E-state index >= 15 is 0 Å². The highest BCUT2D eigenvalue weighted by Crippen LogP contribution is 2.44. The Balaban J connectivity index is 1.12. The van der Waals surface area contributed by atoms with Gasteiger partial charge in [-0.05, 0) is 88.2 Å². The maximum Gasteiger partial charge on any atom is 0.255 e. The van der Waals surface area contributed by atoms with Gasteiger partial charge in [0, 0.05) is 55.0 Å². The zero-order valence-corrected chi connectivity index (χ0v) is 21.2. The topological polar surface area (TPSA) is 93.4 Å². The summed E-state index contributed by atoms with van der Waals surface area (Å²) in [5.41, 5.74) is 5.09. The van der Waals surface area contributed by atoms with E-state index < -0.39 is 0 Å². The Morgan fingerprint density at radius 1 is 1.03 bits per heavy atom. The van der Waals surface area contributed by atoms with Crippen molar-refractivity contribution < 1.29 is 4.79 Å². The number of carbonyl (C=O) groups is 1. The zero-order valence-electron chi connectivity index (χ0n) is 21.2.